The maximum absolute atomic E-state index is 5.55. The van der Waals surface area contributed by atoms with Crippen molar-refractivity contribution in [1.82, 2.24) is 0 Å². The second kappa shape index (κ2) is 6.30. The van der Waals surface area contributed by atoms with Gasteiger partial charge in [0.2, 0.25) is 0 Å². The molecule has 0 fully saturated rings. The van der Waals surface area contributed by atoms with E-state index in [0.717, 1.165) is 11.5 Å². The maximum Gasteiger partial charge on any atom is 0.161 e. The van der Waals surface area contributed by atoms with Gasteiger partial charge in [0.25, 0.3) is 0 Å². The zero-order chi connectivity index (χ0) is 11.1. The Morgan fingerprint density at radius 3 is 2.00 bits per heavy atom. The first-order valence-corrected chi connectivity index (χ1v) is 5.45. The molecule has 0 radical (unpaired) electrons. The molecule has 1 heterocycles. The number of benzene rings is 1. The summed E-state index contributed by atoms with van der Waals surface area (Å²) in [6, 6.07) is 7.69. The van der Waals surface area contributed by atoms with Gasteiger partial charge in [-0.3, -0.25) is 0 Å². The van der Waals surface area contributed by atoms with Gasteiger partial charge in [-0.1, -0.05) is 26.0 Å². The first-order valence-electron chi connectivity index (χ1n) is 5.45. The third-order valence-corrected chi connectivity index (χ3v) is 2.13. The van der Waals surface area contributed by atoms with Crippen molar-refractivity contribution in [2.45, 2.75) is 13.8 Å². The molecule has 0 spiro atoms. The molecule has 0 atom stereocenters. The van der Waals surface area contributed by atoms with Crippen LogP contribution in [0, 0.1) is 5.92 Å². The molecule has 3 nitrogen and oxygen atoms in total. The lowest BCUT2D eigenvalue weighted by atomic mass is 10.2. The summed E-state index contributed by atoms with van der Waals surface area (Å²) in [5.41, 5.74) is 5.55. The highest BCUT2D eigenvalue weighted by molar-refractivity contribution is 5.39. The zero-order valence-corrected chi connectivity index (χ0v) is 9.40. The quantitative estimate of drug-likeness (QED) is 0.770. The number of ether oxygens (including phenoxy) is 2. The summed E-state index contributed by atoms with van der Waals surface area (Å²) >= 11 is 0. The molecule has 0 bridgehead atoms. The van der Waals surface area contributed by atoms with Gasteiger partial charge in [-0.2, -0.15) is 0 Å². The van der Waals surface area contributed by atoms with Gasteiger partial charge in [0.05, 0.1) is 13.2 Å². The normalized spacial score (nSPS) is 14.9. The predicted molar refractivity (Wildman–Crippen MR) is 61.3 cm³/mol. The van der Waals surface area contributed by atoms with Gasteiger partial charge in [-0.15, -0.1) is 0 Å². The smallest absolute Gasteiger partial charge is 0.161 e. The van der Waals surface area contributed by atoms with Crippen molar-refractivity contribution in [1.29, 1.82) is 0 Å². The van der Waals surface area contributed by atoms with Gasteiger partial charge in [0.15, 0.2) is 11.5 Å². The highest BCUT2D eigenvalue weighted by Gasteiger charge is 2.15. The second-order valence-corrected chi connectivity index (χ2v) is 3.17. The standard InChI is InChI=1S/C10H13NO2.C2H6/c11-5-8-6-12-9-3-1-2-4-10(9)13-7-8;1-2/h1-4,8H,5-7,11H2;1-2H3. The van der Waals surface area contributed by atoms with E-state index in [1.165, 1.54) is 0 Å². The zero-order valence-electron chi connectivity index (χ0n) is 9.40. The summed E-state index contributed by atoms with van der Waals surface area (Å²) in [5.74, 6) is 1.93. The average Bonchev–Trinajstić information content (AvgIpc) is 2.54. The third kappa shape index (κ3) is 3.13. The minimum atomic E-state index is 0.299. The first-order chi connectivity index (χ1) is 7.40. The number of rotatable bonds is 1. The van der Waals surface area contributed by atoms with Gasteiger partial charge in [0, 0.05) is 12.5 Å². The molecule has 1 aromatic carbocycles. The van der Waals surface area contributed by atoms with Crippen molar-refractivity contribution >= 4 is 0 Å². The van der Waals surface area contributed by atoms with Gasteiger partial charge in [-0.25, -0.2) is 0 Å². The molecule has 0 amide bonds. The van der Waals surface area contributed by atoms with Crippen LogP contribution in [0.2, 0.25) is 0 Å². The molecule has 1 aliphatic rings. The van der Waals surface area contributed by atoms with Crippen molar-refractivity contribution in [2.75, 3.05) is 19.8 Å². The van der Waals surface area contributed by atoms with E-state index >= 15 is 0 Å². The Labute approximate surface area is 91.2 Å². The molecule has 3 heteroatoms. The summed E-state index contributed by atoms with van der Waals surface area (Å²) in [4.78, 5) is 0. The summed E-state index contributed by atoms with van der Waals surface area (Å²) in [5, 5.41) is 0. The number of para-hydroxylation sites is 2. The lowest BCUT2D eigenvalue weighted by Gasteiger charge is -2.08. The number of hydrogen-bond donors (Lipinski definition) is 1. The Bertz CT molecular complexity index is 262. The largest absolute Gasteiger partial charge is 0.489 e. The van der Waals surface area contributed by atoms with Crippen molar-refractivity contribution in [3.05, 3.63) is 24.3 Å². The van der Waals surface area contributed by atoms with Crippen LogP contribution in [0.1, 0.15) is 13.8 Å². The van der Waals surface area contributed by atoms with Crippen LogP contribution in [0.25, 0.3) is 0 Å². The fourth-order valence-electron chi connectivity index (χ4n) is 1.29. The van der Waals surface area contributed by atoms with E-state index in [2.05, 4.69) is 0 Å². The fraction of sp³-hybridized carbons (Fsp3) is 0.500. The van der Waals surface area contributed by atoms with Crippen LogP contribution in [0.3, 0.4) is 0 Å². The van der Waals surface area contributed by atoms with E-state index in [-0.39, 0.29) is 0 Å². The molecule has 2 N–H and O–H groups in total. The maximum atomic E-state index is 5.55. The number of fused-ring (bicyclic) bond motifs is 1. The Kier molecular flexibility index (Phi) is 4.98. The molecule has 0 aliphatic carbocycles. The minimum absolute atomic E-state index is 0.299. The molecule has 2 rings (SSSR count). The summed E-state index contributed by atoms with van der Waals surface area (Å²) in [7, 11) is 0. The number of nitrogens with two attached hydrogens (primary N) is 1. The second-order valence-electron chi connectivity index (χ2n) is 3.17. The van der Waals surface area contributed by atoms with Gasteiger partial charge in [-0.05, 0) is 12.1 Å². The lowest BCUT2D eigenvalue weighted by Crippen LogP contribution is -2.25. The molecule has 1 aliphatic heterocycles. The van der Waals surface area contributed by atoms with E-state index in [4.69, 9.17) is 15.2 Å². The summed E-state index contributed by atoms with van der Waals surface area (Å²) in [6.45, 7) is 5.90. The van der Waals surface area contributed by atoms with Crippen LogP contribution < -0.4 is 15.2 Å². The van der Waals surface area contributed by atoms with Crippen molar-refractivity contribution in [2.24, 2.45) is 11.7 Å². The van der Waals surface area contributed by atoms with Crippen LogP contribution in [-0.2, 0) is 0 Å². The van der Waals surface area contributed by atoms with E-state index in [9.17, 15) is 0 Å². The molecule has 1 aromatic rings. The molecular formula is C12H19NO2. The average molecular weight is 209 g/mol. The van der Waals surface area contributed by atoms with Crippen LogP contribution >= 0.6 is 0 Å². The lowest BCUT2D eigenvalue weighted by molar-refractivity contribution is 0.219. The van der Waals surface area contributed by atoms with Gasteiger partial charge < -0.3 is 15.2 Å². The molecule has 15 heavy (non-hydrogen) atoms. The van der Waals surface area contributed by atoms with E-state index in [0.29, 0.717) is 25.7 Å². The highest BCUT2D eigenvalue weighted by atomic mass is 16.5. The van der Waals surface area contributed by atoms with Crippen LogP contribution in [0.5, 0.6) is 11.5 Å². The third-order valence-electron chi connectivity index (χ3n) is 2.13. The topological polar surface area (TPSA) is 44.5 Å². The van der Waals surface area contributed by atoms with E-state index in [1.54, 1.807) is 0 Å². The number of hydrogen-bond acceptors (Lipinski definition) is 3. The summed E-state index contributed by atoms with van der Waals surface area (Å²) in [6.07, 6.45) is 0. The first kappa shape index (κ1) is 11.9. The molecule has 0 aromatic heterocycles. The van der Waals surface area contributed by atoms with Crippen LogP contribution in [0.4, 0.5) is 0 Å². The predicted octanol–water partition coefficient (Wildman–Crippen LogP) is 2.06. The Hall–Kier alpha value is -1.22. The van der Waals surface area contributed by atoms with Gasteiger partial charge in [0.1, 0.15) is 0 Å². The van der Waals surface area contributed by atoms with Crippen molar-refractivity contribution < 1.29 is 9.47 Å². The monoisotopic (exact) mass is 209 g/mol. The Morgan fingerprint density at radius 1 is 1.13 bits per heavy atom. The van der Waals surface area contributed by atoms with E-state index < -0.39 is 0 Å². The Balaban J connectivity index is 0.000000531. The Morgan fingerprint density at radius 2 is 1.60 bits per heavy atom. The highest BCUT2D eigenvalue weighted by Crippen LogP contribution is 2.29. The molecular weight excluding hydrogens is 190 g/mol. The van der Waals surface area contributed by atoms with Gasteiger partial charge >= 0.3 is 0 Å². The van der Waals surface area contributed by atoms with E-state index in [1.807, 2.05) is 38.1 Å². The van der Waals surface area contributed by atoms with Crippen LogP contribution in [-0.4, -0.2) is 19.8 Å². The SMILES string of the molecule is CC.NCC1COc2ccccc2OC1. The summed E-state index contributed by atoms with van der Waals surface area (Å²) < 4.78 is 11.1. The fourth-order valence-corrected chi connectivity index (χ4v) is 1.29. The minimum Gasteiger partial charge on any atom is -0.489 e. The molecule has 0 saturated carbocycles. The molecule has 0 saturated heterocycles. The van der Waals surface area contributed by atoms with Crippen molar-refractivity contribution in [3.63, 3.8) is 0 Å². The molecule has 84 valence electrons. The molecule has 0 unspecified atom stereocenters. The van der Waals surface area contributed by atoms with Crippen LogP contribution in [0.15, 0.2) is 24.3 Å². The van der Waals surface area contributed by atoms with Crippen molar-refractivity contribution in [3.8, 4) is 11.5 Å².